The molecule has 0 saturated heterocycles. The van der Waals surface area contributed by atoms with Crippen LogP contribution in [0.25, 0.3) is 11.1 Å². The van der Waals surface area contributed by atoms with Gasteiger partial charge in [0.1, 0.15) is 12.4 Å². The first-order valence-corrected chi connectivity index (χ1v) is 8.63. The maximum atomic E-state index is 10.9. The standard InChI is InChI=1S/C20H22N4O3/c1-20(2,22-19(25)26)17-7-3-15(4-8-17)16-5-9-18(10-6-16)27-14-13-24-12-11-21-23-24/h3-12,22H,13-14H2,1-2H3,(H,25,26). The van der Waals surface area contributed by atoms with Gasteiger partial charge >= 0.3 is 6.09 Å². The highest BCUT2D eigenvalue weighted by Crippen LogP contribution is 2.26. The van der Waals surface area contributed by atoms with Crippen LogP contribution >= 0.6 is 0 Å². The molecule has 2 aromatic carbocycles. The van der Waals surface area contributed by atoms with Crippen LogP contribution in [0.5, 0.6) is 5.75 Å². The largest absolute Gasteiger partial charge is 0.492 e. The van der Waals surface area contributed by atoms with Gasteiger partial charge in [0, 0.05) is 6.20 Å². The third-order valence-corrected chi connectivity index (χ3v) is 4.27. The monoisotopic (exact) mass is 366 g/mol. The van der Waals surface area contributed by atoms with Crippen molar-refractivity contribution in [1.82, 2.24) is 20.3 Å². The van der Waals surface area contributed by atoms with E-state index in [0.29, 0.717) is 13.2 Å². The molecule has 0 aliphatic carbocycles. The Balaban J connectivity index is 1.62. The number of carboxylic acid groups (broad SMARTS) is 1. The number of aromatic nitrogens is 3. The average Bonchev–Trinajstić information content (AvgIpc) is 3.15. The van der Waals surface area contributed by atoms with Crippen LogP contribution in [-0.2, 0) is 12.1 Å². The smallest absolute Gasteiger partial charge is 0.405 e. The van der Waals surface area contributed by atoms with Crippen molar-refractivity contribution in [3.8, 4) is 16.9 Å². The summed E-state index contributed by atoms with van der Waals surface area (Å²) in [6, 6.07) is 15.7. The molecule has 140 valence electrons. The van der Waals surface area contributed by atoms with E-state index in [9.17, 15) is 4.79 Å². The first-order chi connectivity index (χ1) is 12.9. The third-order valence-electron chi connectivity index (χ3n) is 4.27. The Morgan fingerprint density at radius 2 is 1.74 bits per heavy atom. The maximum Gasteiger partial charge on any atom is 0.405 e. The maximum absolute atomic E-state index is 10.9. The van der Waals surface area contributed by atoms with Crippen LogP contribution in [0.4, 0.5) is 4.79 Å². The second kappa shape index (κ2) is 7.90. The number of rotatable bonds is 7. The van der Waals surface area contributed by atoms with E-state index in [2.05, 4.69) is 15.6 Å². The van der Waals surface area contributed by atoms with Crippen molar-refractivity contribution >= 4 is 6.09 Å². The first-order valence-electron chi connectivity index (χ1n) is 8.63. The molecule has 3 aromatic rings. The van der Waals surface area contributed by atoms with Gasteiger partial charge in [-0.25, -0.2) is 9.48 Å². The molecule has 0 radical (unpaired) electrons. The van der Waals surface area contributed by atoms with Gasteiger partial charge in [0.05, 0.1) is 18.3 Å². The molecule has 0 bridgehead atoms. The van der Waals surface area contributed by atoms with Gasteiger partial charge in [-0.15, -0.1) is 5.10 Å². The fraction of sp³-hybridized carbons (Fsp3) is 0.250. The van der Waals surface area contributed by atoms with E-state index >= 15 is 0 Å². The summed E-state index contributed by atoms with van der Waals surface area (Å²) in [5.41, 5.74) is 2.38. The second-order valence-electron chi connectivity index (χ2n) is 6.67. The Morgan fingerprint density at radius 1 is 1.11 bits per heavy atom. The lowest BCUT2D eigenvalue weighted by molar-refractivity contribution is 0.182. The summed E-state index contributed by atoms with van der Waals surface area (Å²) in [7, 11) is 0. The summed E-state index contributed by atoms with van der Waals surface area (Å²) in [6.45, 7) is 4.83. The van der Waals surface area contributed by atoms with Crippen molar-refractivity contribution in [3.63, 3.8) is 0 Å². The van der Waals surface area contributed by atoms with E-state index in [0.717, 1.165) is 22.4 Å². The van der Waals surface area contributed by atoms with Crippen LogP contribution in [0.15, 0.2) is 60.9 Å². The van der Waals surface area contributed by atoms with Crippen molar-refractivity contribution in [3.05, 3.63) is 66.5 Å². The van der Waals surface area contributed by atoms with Crippen molar-refractivity contribution in [2.45, 2.75) is 25.9 Å². The van der Waals surface area contributed by atoms with Crippen LogP contribution in [0.2, 0.25) is 0 Å². The molecular formula is C20H22N4O3. The highest BCUT2D eigenvalue weighted by Gasteiger charge is 2.22. The summed E-state index contributed by atoms with van der Waals surface area (Å²) >= 11 is 0. The summed E-state index contributed by atoms with van der Waals surface area (Å²) in [5.74, 6) is 0.794. The molecule has 0 saturated carbocycles. The normalized spacial score (nSPS) is 11.2. The fourth-order valence-electron chi connectivity index (χ4n) is 2.77. The third kappa shape index (κ3) is 4.84. The zero-order chi connectivity index (χ0) is 19.3. The number of nitrogens with one attached hydrogen (secondary N) is 1. The van der Waals surface area contributed by atoms with Gasteiger partial charge < -0.3 is 15.2 Å². The van der Waals surface area contributed by atoms with E-state index in [1.807, 2.05) is 62.4 Å². The van der Waals surface area contributed by atoms with E-state index in [1.165, 1.54) is 0 Å². The SMILES string of the molecule is CC(C)(NC(=O)O)c1ccc(-c2ccc(OCCn3ccnn3)cc2)cc1. The van der Waals surface area contributed by atoms with Crippen molar-refractivity contribution in [1.29, 1.82) is 0 Å². The van der Waals surface area contributed by atoms with E-state index in [-0.39, 0.29) is 0 Å². The summed E-state index contributed by atoms with van der Waals surface area (Å²) in [4.78, 5) is 10.9. The van der Waals surface area contributed by atoms with E-state index < -0.39 is 11.6 Å². The molecule has 0 aliphatic heterocycles. The predicted octanol–water partition coefficient (Wildman–Crippen LogP) is 3.53. The van der Waals surface area contributed by atoms with Crippen LogP contribution < -0.4 is 10.1 Å². The van der Waals surface area contributed by atoms with Crippen molar-refractivity contribution < 1.29 is 14.6 Å². The fourth-order valence-corrected chi connectivity index (χ4v) is 2.77. The Morgan fingerprint density at radius 3 is 2.30 bits per heavy atom. The summed E-state index contributed by atoms with van der Waals surface area (Å²) in [6.07, 6.45) is 2.39. The number of amides is 1. The molecule has 0 spiro atoms. The molecule has 3 rings (SSSR count). The molecule has 0 atom stereocenters. The zero-order valence-corrected chi connectivity index (χ0v) is 15.3. The summed E-state index contributed by atoms with van der Waals surface area (Å²) < 4.78 is 7.44. The van der Waals surface area contributed by atoms with Gasteiger partial charge in [0.25, 0.3) is 0 Å². The molecule has 1 aromatic heterocycles. The lowest BCUT2D eigenvalue weighted by Gasteiger charge is -2.25. The summed E-state index contributed by atoms with van der Waals surface area (Å²) in [5, 5.41) is 19.1. The Kier molecular flexibility index (Phi) is 5.40. The Hall–Kier alpha value is -3.35. The molecule has 7 heteroatoms. The molecule has 0 unspecified atom stereocenters. The Bertz CT molecular complexity index is 873. The molecule has 0 aliphatic rings. The van der Waals surface area contributed by atoms with Gasteiger partial charge in [-0.1, -0.05) is 41.6 Å². The molecule has 0 fully saturated rings. The van der Waals surface area contributed by atoms with Gasteiger partial charge in [0.15, 0.2) is 0 Å². The first kappa shape index (κ1) is 18.4. The highest BCUT2D eigenvalue weighted by molar-refractivity contribution is 5.67. The topological polar surface area (TPSA) is 89.3 Å². The minimum Gasteiger partial charge on any atom is -0.492 e. The minimum atomic E-state index is -1.04. The predicted molar refractivity (Wildman–Crippen MR) is 102 cm³/mol. The average molecular weight is 366 g/mol. The van der Waals surface area contributed by atoms with Gasteiger partial charge in [-0.3, -0.25) is 0 Å². The van der Waals surface area contributed by atoms with Crippen molar-refractivity contribution in [2.75, 3.05) is 6.61 Å². The lowest BCUT2D eigenvalue weighted by Crippen LogP contribution is -2.39. The van der Waals surface area contributed by atoms with Gasteiger partial charge in [0.2, 0.25) is 0 Å². The second-order valence-corrected chi connectivity index (χ2v) is 6.67. The van der Waals surface area contributed by atoms with Crippen LogP contribution in [0.1, 0.15) is 19.4 Å². The molecule has 1 heterocycles. The number of hydrogen-bond acceptors (Lipinski definition) is 4. The lowest BCUT2D eigenvalue weighted by atomic mass is 9.92. The molecule has 7 nitrogen and oxygen atoms in total. The minimum absolute atomic E-state index is 0.517. The number of hydrogen-bond donors (Lipinski definition) is 2. The van der Waals surface area contributed by atoms with Crippen molar-refractivity contribution in [2.24, 2.45) is 0 Å². The molecule has 27 heavy (non-hydrogen) atoms. The number of benzene rings is 2. The number of ether oxygens (including phenoxy) is 1. The van der Waals surface area contributed by atoms with E-state index in [4.69, 9.17) is 9.84 Å². The molecule has 2 N–H and O–H groups in total. The van der Waals surface area contributed by atoms with Crippen LogP contribution in [-0.4, -0.2) is 32.8 Å². The molecular weight excluding hydrogens is 344 g/mol. The van der Waals surface area contributed by atoms with Crippen LogP contribution in [0.3, 0.4) is 0 Å². The van der Waals surface area contributed by atoms with Gasteiger partial charge in [-0.2, -0.15) is 0 Å². The number of nitrogens with zero attached hydrogens (tertiary/aromatic N) is 3. The van der Waals surface area contributed by atoms with Crippen LogP contribution in [0, 0.1) is 0 Å². The van der Waals surface area contributed by atoms with Gasteiger partial charge in [-0.05, 0) is 42.7 Å². The number of carbonyl (C=O) groups is 1. The quantitative estimate of drug-likeness (QED) is 0.668. The Labute approximate surface area is 157 Å². The molecule has 1 amide bonds. The zero-order valence-electron chi connectivity index (χ0n) is 15.3. The van der Waals surface area contributed by atoms with E-state index in [1.54, 1.807) is 17.1 Å². The highest BCUT2D eigenvalue weighted by atomic mass is 16.5.